The van der Waals surface area contributed by atoms with E-state index in [1.807, 2.05) is 51.1 Å². The third kappa shape index (κ3) is 7.95. The molecule has 2 aromatic heterocycles. The van der Waals surface area contributed by atoms with Crippen molar-refractivity contribution >= 4 is 11.6 Å². The maximum Gasteiger partial charge on any atom is 0.130 e. The Bertz CT molecular complexity index is 1610. The number of terminal acetylenes is 1. The summed E-state index contributed by atoms with van der Waals surface area (Å²) in [5.74, 6) is 2.17. The molecule has 0 atom stereocenters. The summed E-state index contributed by atoms with van der Waals surface area (Å²) in [7, 11) is 0. The first-order valence-electron chi connectivity index (χ1n) is 13.9. The summed E-state index contributed by atoms with van der Waals surface area (Å²) >= 11 is 0. The van der Waals surface area contributed by atoms with Crippen molar-refractivity contribution < 1.29 is 8.78 Å². The van der Waals surface area contributed by atoms with E-state index >= 15 is 4.39 Å². The Morgan fingerprint density at radius 2 is 1.93 bits per heavy atom. The number of aromatic amines is 1. The molecule has 0 aliphatic carbocycles. The zero-order valence-corrected chi connectivity index (χ0v) is 25.2. The van der Waals surface area contributed by atoms with Gasteiger partial charge in [-0.2, -0.15) is 0 Å². The van der Waals surface area contributed by atoms with Crippen molar-refractivity contribution in [3.8, 4) is 23.6 Å². The molecular weight excluding hydrogens is 524 g/mol. The Morgan fingerprint density at radius 3 is 2.48 bits per heavy atom. The van der Waals surface area contributed by atoms with Gasteiger partial charge in [0.15, 0.2) is 0 Å². The Morgan fingerprint density at radius 1 is 1.19 bits per heavy atom. The second kappa shape index (κ2) is 13.8. The van der Waals surface area contributed by atoms with Gasteiger partial charge in [0.05, 0.1) is 0 Å². The van der Waals surface area contributed by atoms with Crippen LogP contribution in [0.2, 0.25) is 0 Å². The number of aryl methyl sites for hydroxylation is 1. The number of rotatable bonds is 12. The van der Waals surface area contributed by atoms with Crippen molar-refractivity contribution in [2.24, 2.45) is 0 Å². The fourth-order valence-corrected chi connectivity index (χ4v) is 4.53. The van der Waals surface area contributed by atoms with Crippen molar-refractivity contribution in [2.45, 2.75) is 53.1 Å². The fourth-order valence-electron chi connectivity index (χ4n) is 4.53. The summed E-state index contributed by atoms with van der Waals surface area (Å²) in [6.45, 7) is 20.8. The minimum Gasteiger partial charge on any atom is -0.359 e. The van der Waals surface area contributed by atoms with Crippen LogP contribution in [-0.2, 0) is 6.42 Å². The van der Waals surface area contributed by atoms with Gasteiger partial charge in [-0.05, 0) is 104 Å². The van der Waals surface area contributed by atoms with Crippen LogP contribution in [0.5, 0.6) is 0 Å². The summed E-state index contributed by atoms with van der Waals surface area (Å²) in [6, 6.07) is 10.9. The zero-order chi connectivity index (χ0) is 31.0. The van der Waals surface area contributed by atoms with Crippen molar-refractivity contribution in [3.05, 3.63) is 137 Å². The van der Waals surface area contributed by atoms with Crippen LogP contribution in [-0.4, -0.2) is 15.6 Å². The van der Waals surface area contributed by atoms with Gasteiger partial charge in [0.25, 0.3) is 0 Å². The van der Waals surface area contributed by atoms with E-state index < -0.39 is 5.67 Å². The highest BCUT2D eigenvalue weighted by molar-refractivity contribution is 5.88. The topological polar surface area (TPSA) is 40.7 Å². The smallest absolute Gasteiger partial charge is 0.130 e. The number of nitrogens with one attached hydrogen (secondary N) is 2. The molecule has 216 valence electrons. The number of allylic oxidation sites excluding steroid dienone is 7. The van der Waals surface area contributed by atoms with Gasteiger partial charge >= 0.3 is 0 Å². The van der Waals surface area contributed by atoms with Crippen molar-refractivity contribution in [1.29, 1.82) is 0 Å². The predicted octanol–water partition coefficient (Wildman–Crippen LogP) is 9.42. The highest BCUT2D eigenvalue weighted by atomic mass is 19.1. The molecule has 0 bridgehead atoms. The largest absolute Gasteiger partial charge is 0.359 e. The second-order valence-electron chi connectivity index (χ2n) is 10.6. The van der Waals surface area contributed by atoms with Crippen LogP contribution in [0.15, 0.2) is 103 Å². The van der Waals surface area contributed by atoms with Crippen LogP contribution < -0.4 is 5.32 Å². The summed E-state index contributed by atoms with van der Waals surface area (Å²) in [5.41, 5.74) is 7.25. The first kappa shape index (κ1) is 31.8. The molecule has 0 aliphatic rings. The first-order chi connectivity index (χ1) is 19.9. The van der Waals surface area contributed by atoms with Gasteiger partial charge in [0.2, 0.25) is 0 Å². The van der Waals surface area contributed by atoms with Gasteiger partial charge in [-0.1, -0.05) is 56.9 Å². The molecule has 42 heavy (non-hydrogen) atoms. The number of alkyl halides is 1. The molecule has 1 aromatic carbocycles. The number of benzene rings is 1. The number of aromatic nitrogens is 2. The van der Waals surface area contributed by atoms with Crippen molar-refractivity contribution in [3.63, 3.8) is 0 Å². The first-order valence-corrected chi connectivity index (χ1v) is 13.9. The molecule has 0 fully saturated rings. The quantitative estimate of drug-likeness (QED) is 0.170. The van der Waals surface area contributed by atoms with Crippen LogP contribution in [0.1, 0.15) is 62.2 Å². The zero-order valence-electron chi connectivity index (χ0n) is 25.2. The molecule has 5 heteroatoms. The van der Waals surface area contributed by atoms with E-state index in [0.29, 0.717) is 40.2 Å². The Hall–Kier alpha value is -4.69. The highest BCUT2D eigenvalue weighted by Crippen LogP contribution is 2.30. The van der Waals surface area contributed by atoms with E-state index in [1.54, 1.807) is 30.5 Å². The maximum absolute atomic E-state index is 15.3. The number of pyridine rings is 1. The van der Waals surface area contributed by atoms with E-state index in [1.165, 1.54) is 19.9 Å². The van der Waals surface area contributed by atoms with Gasteiger partial charge in [-0.3, -0.25) is 0 Å². The van der Waals surface area contributed by atoms with Gasteiger partial charge in [0, 0.05) is 41.0 Å². The van der Waals surface area contributed by atoms with E-state index in [0.717, 1.165) is 33.7 Å². The predicted molar refractivity (Wildman–Crippen MR) is 174 cm³/mol. The molecule has 2 N–H and O–H groups in total. The average Bonchev–Trinajstić information content (AvgIpc) is 3.33. The molecule has 3 rings (SSSR count). The van der Waals surface area contributed by atoms with Gasteiger partial charge < -0.3 is 10.3 Å². The lowest BCUT2D eigenvalue weighted by molar-refractivity contribution is 0.270. The van der Waals surface area contributed by atoms with Crippen molar-refractivity contribution in [1.82, 2.24) is 15.3 Å². The standard InChI is InChI=1S/C37H39F2N3/c1-10-24(5)34(37(8,9)39)22-33(13-4)41-25(6)18-29-15-14-28(20-35(29)38)27(11-2)19-31-21-36(42-26(31)7)30-16-17-32(12-3)40-23-30/h3,11,13-17,19-23,41-42H,2,5-6,10,18H2,1,4,7-9H3/b27-19+,33-13+,34-22+. The molecule has 3 aromatic rings. The SMILES string of the molecule is C#Cc1ccc(-c2cc(/C=C(\C=C)c3ccc(CC(=C)NC(=C/C)/C=C(\C(=C)CC)C(C)(C)F)c(F)c3)c(C)[nH]2)cn1. The lowest BCUT2D eigenvalue weighted by Gasteiger charge is -2.22. The van der Waals surface area contributed by atoms with Crippen LogP contribution in [0.25, 0.3) is 22.9 Å². The second-order valence-corrected chi connectivity index (χ2v) is 10.6. The van der Waals surface area contributed by atoms with E-state index in [9.17, 15) is 4.39 Å². The minimum absolute atomic E-state index is 0.264. The Balaban J connectivity index is 1.80. The highest BCUT2D eigenvalue weighted by Gasteiger charge is 2.24. The summed E-state index contributed by atoms with van der Waals surface area (Å²) < 4.78 is 30.1. The molecule has 0 radical (unpaired) electrons. The van der Waals surface area contributed by atoms with Crippen molar-refractivity contribution in [2.75, 3.05) is 0 Å². The monoisotopic (exact) mass is 563 g/mol. The molecule has 0 aliphatic heterocycles. The molecule has 0 amide bonds. The number of hydrogen-bond donors (Lipinski definition) is 2. The maximum atomic E-state index is 15.3. The average molecular weight is 564 g/mol. The lowest BCUT2D eigenvalue weighted by atomic mass is 9.91. The minimum atomic E-state index is -1.55. The molecule has 0 unspecified atom stereocenters. The fraction of sp³-hybridized carbons (Fsp3) is 0.216. The van der Waals surface area contributed by atoms with E-state index in [-0.39, 0.29) is 12.2 Å². The van der Waals surface area contributed by atoms with Crippen LogP contribution in [0, 0.1) is 25.1 Å². The molecule has 0 saturated heterocycles. The molecular formula is C37H39F2N3. The normalized spacial score (nSPS) is 12.6. The van der Waals surface area contributed by atoms with Crippen LogP contribution in [0.4, 0.5) is 8.78 Å². The summed E-state index contributed by atoms with van der Waals surface area (Å²) in [4.78, 5) is 7.64. The Kier molecular flexibility index (Phi) is 10.4. The number of hydrogen-bond acceptors (Lipinski definition) is 2. The summed E-state index contributed by atoms with van der Waals surface area (Å²) in [5, 5.41) is 3.20. The van der Waals surface area contributed by atoms with Gasteiger partial charge in [-0.15, -0.1) is 6.42 Å². The molecule has 2 heterocycles. The van der Waals surface area contributed by atoms with Gasteiger partial charge in [-0.25, -0.2) is 13.8 Å². The third-order valence-corrected chi connectivity index (χ3v) is 6.98. The van der Waals surface area contributed by atoms with Crippen LogP contribution >= 0.6 is 0 Å². The lowest BCUT2D eigenvalue weighted by Crippen LogP contribution is -2.20. The number of H-pyrrole nitrogens is 1. The molecule has 3 nitrogen and oxygen atoms in total. The number of nitrogens with zero attached hydrogens (tertiary/aromatic N) is 1. The number of halogens is 2. The van der Waals surface area contributed by atoms with Crippen LogP contribution in [0.3, 0.4) is 0 Å². The third-order valence-electron chi connectivity index (χ3n) is 6.98. The molecule has 0 saturated carbocycles. The van der Waals surface area contributed by atoms with E-state index in [4.69, 9.17) is 6.42 Å². The summed E-state index contributed by atoms with van der Waals surface area (Å²) in [6.07, 6.45) is 15.3. The van der Waals surface area contributed by atoms with Gasteiger partial charge in [0.1, 0.15) is 17.2 Å². The molecule has 0 spiro atoms. The van der Waals surface area contributed by atoms with E-state index in [2.05, 4.69) is 40.9 Å². The Labute approximate surface area is 249 Å².